The van der Waals surface area contributed by atoms with Crippen molar-refractivity contribution in [2.45, 2.75) is 32.8 Å². The molecule has 0 saturated carbocycles. The van der Waals surface area contributed by atoms with Crippen LogP contribution in [0.2, 0.25) is 0 Å². The number of carbonyl (C=O) groups excluding carboxylic acids is 2. The Hall–Kier alpha value is -2.96. The summed E-state index contributed by atoms with van der Waals surface area (Å²) >= 11 is 0. The molecule has 7 heteroatoms. The largest absolute Gasteiger partial charge is 0.471 e. The number of carbonyl (C=O) groups is 2. The van der Waals surface area contributed by atoms with E-state index in [1.54, 1.807) is 35.2 Å². The van der Waals surface area contributed by atoms with Gasteiger partial charge in [0.25, 0.3) is 5.91 Å². The lowest BCUT2D eigenvalue weighted by atomic mass is 10.1. The molecule has 1 atom stereocenters. The van der Waals surface area contributed by atoms with Crippen LogP contribution in [0.15, 0.2) is 36.4 Å². The molecular formula is C19H22N4O3. The van der Waals surface area contributed by atoms with Crippen molar-refractivity contribution in [1.29, 1.82) is 0 Å². The van der Waals surface area contributed by atoms with Crippen LogP contribution >= 0.6 is 0 Å². The summed E-state index contributed by atoms with van der Waals surface area (Å²) in [6.07, 6.45) is 1.66. The van der Waals surface area contributed by atoms with Gasteiger partial charge in [-0.05, 0) is 50.1 Å². The highest BCUT2D eigenvalue weighted by atomic mass is 16.5. The van der Waals surface area contributed by atoms with E-state index in [0.29, 0.717) is 30.2 Å². The van der Waals surface area contributed by atoms with Crippen LogP contribution in [0, 0.1) is 6.92 Å². The molecule has 0 bridgehead atoms. The van der Waals surface area contributed by atoms with Gasteiger partial charge in [-0.1, -0.05) is 0 Å². The summed E-state index contributed by atoms with van der Waals surface area (Å²) in [6, 6.07) is 10.6. The molecule has 2 heterocycles. The highest BCUT2D eigenvalue weighted by molar-refractivity contribution is 5.95. The lowest BCUT2D eigenvalue weighted by molar-refractivity contribution is -0.114. The number of likely N-dealkylation sites (tertiary alicyclic amines) is 1. The average molecular weight is 354 g/mol. The molecule has 2 amide bonds. The van der Waals surface area contributed by atoms with E-state index in [2.05, 4.69) is 15.5 Å². The summed E-state index contributed by atoms with van der Waals surface area (Å²) in [5.74, 6) is 0.302. The number of nitrogens with one attached hydrogen (secondary N) is 1. The number of nitrogens with zero attached hydrogens (tertiary/aromatic N) is 3. The molecule has 0 aliphatic carbocycles. The van der Waals surface area contributed by atoms with E-state index in [0.717, 1.165) is 18.5 Å². The number of rotatable bonds is 4. The van der Waals surface area contributed by atoms with Crippen molar-refractivity contribution in [2.75, 3.05) is 18.4 Å². The van der Waals surface area contributed by atoms with Crippen LogP contribution in [0.4, 0.5) is 5.69 Å². The Morgan fingerprint density at radius 1 is 1.15 bits per heavy atom. The van der Waals surface area contributed by atoms with Gasteiger partial charge in [0.2, 0.25) is 11.8 Å². The molecule has 1 aliphatic heterocycles. The van der Waals surface area contributed by atoms with Gasteiger partial charge in [0, 0.05) is 30.8 Å². The molecule has 0 spiro atoms. The molecule has 2 aromatic rings. The maximum Gasteiger partial charge on any atom is 0.253 e. The van der Waals surface area contributed by atoms with Crippen LogP contribution < -0.4 is 10.1 Å². The van der Waals surface area contributed by atoms with Gasteiger partial charge in [-0.2, -0.15) is 5.10 Å². The van der Waals surface area contributed by atoms with E-state index in [9.17, 15) is 9.59 Å². The summed E-state index contributed by atoms with van der Waals surface area (Å²) in [6.45, 7) is 4.54. The van der Waals surface area contributed by atoms with Crippen molar-refractivity contribution in [1.82, 2.24) is 15.1 Å². The number of hydrogen-bond donors (Lipinski definition) is 1. The second kappa shape index (κ2) is 7.95. The molecule has 136 valence electrons. The monoisotopic (exact) mass is 354 g/mol. The fraction of sp³-hybridized carbons (Fsp3) is 0.368. The second-order valence-corrected chi connectivity index (χ2v) is 6.40. The number of aryl methyl sites for hydroxylation is 1. The number of amides is 2. The quantitative estimate of drug-likeness (QED) is 0.911. The van der Waals surface area contributed by atoms with Gasteiger partial charge in [0.15, 0.2) is 0 Å². The predicted molar refractivity (Wildman–Crippen MR) is 97.1 cm³/mol. The number of ether oxygens (including phenoxy) is 1. The molecular weight excluding hydrogens is 332 g/mol. The Labute approximate surface area is 152 Å². The first-order valence-electron chi connectivity index (χ1n) is 8.65. The Morgan fingerprint density at radius 2 is 1.92 bits per heavy atom. The fourth-order valence-electron chi connectivity index (χ4n) is 2.92. The molecule has 1 N–H and O–H groups in total. The normalized spacial score (nSPS) is 16.8. The molecule has 1 unspecified atom stereocenters. The summed E-state index contributed by atoms with van der Waals surface area (Å²) in [4.78, 5) is 25.6. The van der Waals surface area contributed by atoms with Crippen LogP contribution in [0.5, 0.6) is 5.88 Å². The summed E-state index contributed by atoms with van der Waals surface area (Å²) in [7, 11) is 0. The SMILES string of the molecule is CC(=O)Nc1ccc(C(=O)N2CCCC(Oc3ccc(C)nn3)C2)cc1. The van der Waals surface area contributed by atoms with Gasteiger partial charge in [0.05, 0.1) is 12.2 Å². The highest BCUT2D eigenvalue weighted by Gasteiger charge is 2.26. The first-order chi connectivity index (χ1) is 12.5. The maximum absolute atomic E-state index is 12.7. The van der Waals surface area contributed by atoms with E-state index in [1.807, 2.05) is 13.0 Å². The van der Waals surface area contributed by atoms with Crippen LogP contribution in [-0.4, -0.2) is 46.1 Å². The van der Waals surface area contributed by atoms with Crippen molar-refractivity contribution >= 4 is 17.5 Å². The number of aromatic nitrogens is 2. The number of piperidine rings is 1. The molecule has 1 aliphatic rings. The molecule has 1 aromatic carbocycles. The fourth-order valence-corrected chi connectivity index (χ4v) is 2.92. The molecule has 1 fully saturated rings. The molecule has 3 rings (SSSR count). The van der Waals surface area contributed by atoms with E-state index < -0.39 is 0 Å². The Balaban J connectivity index is 1.62. The third kappa shape index (κ3) is 4.56. The van der Waals surface area contributed by atoms with E-state index in [1.165, 1.54) is 6.92 Å². The summed E-state index contributed by atoms with van der Waals surface area (Å²) in [5, 5.41) is 10.7. The van der Waals surface area contributed by atoms with Gasteiger partial charge in [-0.25, -0.2) is 0 Å². The third-order valence-electron chi connectivity index (χ3n) is 4.18. The maximum atomic E-state index is 12.7. The zero-order chi connectivity index (χ0) is 18.5. The molecule has 7 nitrogen and oxygen atoms in total. The minimum absolute atomic E-state index is 0.0392. The first kappa shape index (κ1) is 17.8. The minimum Gasteiger partial charge on any atom is -0.471 e. The van der Waals surface area contributed by atoms with Gasteiger partial charge >= 0.3 is 0 Å². The topological polar surface area (TPSA) is 84.4 Å². The third-order valence-corrected chi connectivity index (χ3v) is 4.18. The van der Waals surface area contributed by atoms with Crippen molar-refractivity contribution in [3.63, 3.8) is 0 Å². The van der Waals surface area contributed by atoms with Crippen molar-refractivity contribution < 1.29 is 14.3 Å². The van der Waals surface area contributed by atoms with E-state index in [-0.39, 0.29) is 17.9 Å². The van der Waals surface area contributed by atoms with E-state index >= 15 is 0 Å². The number of anilines is 1. The highest BCUT2D eigenvalue weighted by Crippen LogP contribution is 2.19. The molecule has 1 saturated heterocycles. The van der Waals surface area contributed by atoms with E-state index in [4.69, 9.17) is 4.74 Å². The lowest BCUT2D eigenvalue weighted by Gasteiger charge is -2.32. The Bertz CT molecular complexity index is 774. The Morgan fingerprint density at radius 3 is 2.58 bits per heavy atom. The molecule has 26 heavy (non-hydrogen) atoms. The van der Waals surface area contributed by atoms with Crippen LogP contribution in [0.3, 0.4) is 0 Å². The standard InChI is InChI=1S/C19H22N4O3/c1-13-5-10-18(22-21-13)26-17-4-3-11-23(12-17)19(25)15-6-8-16(9-7-15)20-14(2)24/h5-10,17H,3-4,11-12H2,1-2H3,(H,20,24). The number of hydrogen-bond acceptors (Lipinski definition) is 5. The Kier molecular flexibility index (Phi) is 5.46. The smallest absolute Gasteiger partial charge is 0.253 e. The van der Waals surface area contributed by atoms with Crippen LogP contribution in [0.25, 0.3) is 0 Å². The number of benzene rings is 1. The van der Waals surface area contributed by atoms with Crippen LogP contribution in [-0.2, 0) is 4.79 Å². The van der Waals surface area contributed by atoms with Crippen molar-refractivity contribution in [2.24, 2.45) is 0 Å². The zero-order valence-corrected chi connectivity index (χ0v) is 14.9. The minimum atomic E-state index is -0.140. The van der Waals surface area contributed by atoms with Crippen LogP contribution in [0.1, 0.15) is 35.8 Å². The lowest BCUT2D eigenvalue weighted by Crippen LogP contribution is -2.44. The molecule has 1 aromatic heterocycles. The zero-order valence-electron chi connectivity index (χ0n) is 14.9. The summed E-state index contributed by atoms with van der Waals surface area (Å²) < 4.78 is 5.87. The average Bonchev–Trinajstić information content (AvgIpc) is 2.63. The second-order valence-electron chi connectivity index (χ2n) is 6.40. The summed E-state index contributed by atoms with van der Waals surface area (Å²) in [5.41, 5.74) is 2.10. The van der Waals surface area contributed by atoms with Gasteiger partial charge in [-0.3, -0.25) is 9.59 Å². The van der Waals surface area contributed by atoms with Gasteiger partial charge in [0.1, 0.15) is 6.10 Å². The van der Waals surface area contributed by atoms with Crippen molar-refractivity contribution in [3.8, 4) is 5.88 Å². The predicted octanol–water partition coefficient (Wildman–Crippen LogP) is 2.43. The van der Waals surface area contributed by atoms with Crippen molar-refractivity contribution in [3.05, 3.63) is 47.7 Å². The molecule has 0 radical (unpaired) electrons. The first-order valence-corrected chi connectivity index (χ1v) is 8.65. The van der Waals surface area contributed by atoms with Gasteiger partial charge < -0.3 is 15.0 Å². The van der Waals surface area contributed by atoms with Gasteiger partial charge in [-0.15, -0.1) is 5.10 Å².